The van der Waals surface area contributed by atoms with Gasteiger partial charge in [0, 0.05) is 5.69 Å². The van der Waals surface area contributed by atoms with Crippen molar-refractivity contribution >= 4 is 52.4 Å². The molecule has 0 unspecified atom stereocenters. The molecule has 0 bridgehead atoms. The highest BCUT2D eigenvalue weighted by atomic mass is 35.5. The smallest absolute Gasteiger partial charge is 0.191 e. The van der Waals surface area contributed by atoms with E-state index in [1.165, 1.54) is 12.1 Å². The maximum absolute atomic E-state index is 12.8. The van der Waals surface area contributed by atoms with Gasteiger partial charge < -0.3 is 5.32 Å². The fraction of sp³-hybridized carbons (Fsp3) is 0. The van der Waals surface area contributed by atoms with E-state index in [0.29, 0.717) is 15.7 Å². The van der Waals surface area contributed by atoms with Crippen LogP contribution in [0, 0.1) is 5.82 Å². The van der Waals surface area contributed by atoms with Crippen molar-refractivity contribution < 1.29 is 4.39 Å². The molecule has 0 fully saturated rings. The summed E-state index contributed by atoms with van der Waals surface area (Å²) >= 11 is 16.8. The number of rotatable bonds is 3. The molecule has 0 saturated heterocycles. The van der Waals surface area contributed by atoms with Crippen LogP contribution in [0.1, 0.15) is 5.56 Å². The Labute approximate surface area is 136 Å². The van der Waals surface area contributed by atoms with Crippen LogP contribution in [0.15, 0.2) is 47.6 Å². The first-order valence-corrected chi connectivity index (χ1v) is 7.02. The van der Waals surface area contributed by atoms with Crippen LogP contribution in [0.5, 0.6) is 0 Å². The highest BCUT2D eigenvalue weighted by molar-refractivity contribution is 7.80. The normalized spacial score (nSPS) is 10.6. The molecule has 0 aliphatic rings. The van der Waals surface area contributed by atoms with Gasteiger partial charge in [-0.2, -0.15) is 5.10 Å². The highest BCUT2D eigenvalue weighted by Crippen LogP contribution is 2.21. The summed E-state index contributed by atoms with van der Waals surface area (Å²) in [5.74, 6) is -0.308. The molecule has 0 spiro atoms. The van der Waals surface area contributed by atoms with Gasteiger partial charge in [0.15, 0.2) is 5.11 Å². The maximum atomic E-state index is 12.8. The molecule has 7 heteroatoms. The number of nitrogens with one attached hydrogen (secondary N) is 2. The van der Waals surface area contributed by atoms with E-state index in [9.17, 15) is 4.39 Å². The second kappa shape index (κ2) is 7.36. The minimum absolute atomic E-state index is 0.290. The van der Waals surface area contributed by atoms with Gasteiger partial charge in [0.05, 0.1) is 16.3 Å². The van der Waals surface area contributed by atoms with Crippen LogP contribution < -0.4 is 10.7 Å². The van der Waals surface area contributed by atoms with Crippen molar-refractivity contribution in [1.29, 1.82) is 0 Å². The fourth-order valence-electron chi connectivity index (χ4n) is 1.45. The van der Waals surface area contributed by atoms with E-state index >= 15 is 0 Å². The van der Waals surface area contributed by atoms with Crippen LogP contribution in [-0.2, 0) is 0 Å². The van der Waals surface area contributed by atoms with Gasteiger partial charge >= 0.3 is 0 Å². The van der Waals surface area contributed by atoms with Gasteiger partial charge in [-0.25, -0.2) is 4.39 Å². The monoisotopic (exact) mass is 341 g/mol. The quantitative estimate of drug-likeness (QED) is 0.491. The molecule has 2 rings (SSSR count). The molecular weight excluding hydrogens is 332 g/mol. The fourth-order valence-corrected chi connectivity index (χ4v) is 1.93. The van der Waals surface area contributed by atoms with Crippen LogP contribution in [0.4, 0.5) is 10.1 Å². The summed E-state index contributed by atoms with van der Waals surface area (Å²) in [4.78, 5) is 0. The molecular formula is C14H10Cl2FN3S. The first-order valence-electron chi connectivity index (χ1n) is 5.85. The Hall–Kier alpha value is -1.69. The van der Waals surface area contributed by atoms with Crippen LogP contribution in [0.25, 0.3) is 0 Å². The summed E-state index contributed by atoms with van der Waals surface area (Å²) in [5.41, 5.74) is 4.09. The zero-order valence-electron chi connectivity index (χ0n) is 10.6. The Morgan fingerprint density at radius 3 is 2.48 bits per heavy atom. The third-order valence-electron chi connectivity index (χ3n) is 2.43. The first kappa shape index (κ1) is 15.7. The Morgan fingerprint density at radius 1 is 1.10 bits per heavy atom. The largest absolute Gasteiger partial charge is 0.331 e. The lowest BCUT2D eigenvalue weighted by Gasteiger charge is -2.06. The molecule has 108 valence electrons. The van der Waals surface area contributed by atoms with Gasteiger partial charge in [0.25, 0.3) is 0 Å². The molecule has 2 aromatic carbocycles. The molecule has 0 radical (unpaired) electrons. The molecule has 3 nitrogen and oxygen atoms in total. The number of anilines is 1. The van der Waals surface area contributed by atoms with Gasteiger partial charge in [0.2, 0.25) is 0 Å². The van der Waals surface area contributed by atoms with E-state index in [4.69, 9.17) is 35.4 Å². The predicted octanol–water partition coefficient (Wildman–Crippen LogP) is 4.45. The molecule has 0 atom stereocenters. The van der Waals surface area contributed by atoms with Crippen molar-refractivity contribution in [1.82, 2.24) is 5.43 Å². The van der Waals surface area contributed by atoms with E-state index < -0.39 is 0 Å². The number of benzene rings is 2. The summed E-state index contributed by atoms with van der Waals surface area (Å²) in [6, 6.07) is 11.0. The summed E-state index contributed by atoms with van der Waals surface area (Å²) in [7, 11) is 0. The molecule has 2 aromatic rings. The van der Waals surface area contributed by atoms with Crippen LogP contribution in [-0.4, -0.2) is 11.3 Å². The second-order valence-electron chi connectivity index (χ2n) is 4.00. The van der Waals surface area contributed by atoms with Gasteiger partial charge in [0.1, 0.15) is 5.82 Å². The zero-order chi connectivity index (χ0) is 15.2. The lowest BCUT2D eigenvalue weighted by molar-refractivity contribution is 0.628. The van der Waals surface area contributed by atoms with Gasteiger partial charge in [-0.05, 0) is 54.2 Å². The van der Waals surface area contributed by atoms with Crippen molar-refractivity contribution in [3.8, 4) is 0 Å². The lowest BCUT2D eigenvalue weighted by atomic mass is 10.2. The molecule has 0 aliphatic carbocycles. The average molecular weight is 342 g/mol. The van der Waals surface area contributed by atoms with E-state index in [0.717, 1.165) is 5.56 Å². The average Bonchev–Trinajstić information content (AvgIpc) is 2.45. The summed E-state index contributed by atoms with van der Waals surface area (Å²) in [6.45, 7) is 0. The zero-order valence-corrected chi connectivity index (χ0v) is 12.9. The predicted molar refractivity (Wildman–Crippen MR) is 89.8 cm³/mol. The molecule has 2 N–H and O–H groups in total. The van der Waals surface area contributed by atoms with Gasteiger partial charge in [-0.15, -0.1) is 0 Å². The van der Waals surface area contributed by atoms with Crippen molar-refractivity contribution in [2.45, 2.75) is 0 Å². The third-order valence-corrected chi connectivity index (χ3v) is 3.36. The Morgan fingerprint density at radius 2 is 1.81 bits per heavy atom. The maximum Gasteiger partial charge on any atom is 0.191 e. The van der Waals surface area contributed by atoms with Crippen LogP contribution in [0.2, 0.25) is 10.0 Å². The Bertz CT molecular complexity index is 674. The standard InChI is InChI=1S/C14H10Cl2FN3S/c15-12-6-1-9(7-13(12)16)8-18-20-14(21)19-11-4-2-10(17)3-5-11/h1-8H,(H2,19,20,21)/b18-8+. The van der Waals surface area contributed by atoms with Crippen LogP contribution >= 0.6 is 35.4 Å². The summed E-state index contributed by atoms with van der Waals surface area (Å²) < 4.78 is 12.8. The molecule has 0 amide bonds. The Kier molecular flexibility index (Phi) is 5.50. The number of halogens is 3. The number of hydrogen-bond donors (Lipinski definition) is 2. The SMILES string of the molecule is Fc1ccc(NC(=S)N/N=C/c2ccc(Cl)c(Cl)c2)cc1. The molecule has 0 aromatic heterocycles. The summed E-state index contributed by atoms with van der Waals surface area (Å²) in [6.07, 6.45) is 1.56. The van der Waals surface area contributed by atoms with Crippen molar-refractivity contribution in [2.24, 2.45) is 5.10 Å². The summed E-state index contributed by atoms with van der Waals surface area (Å²) in [5, 5.41) is 8.06. The molecule has 0 aliphatic heterocycles. The number of nitrogens with zero attached hydrogens (tertiary/aromatic N) is 1. The number of hydrazone groups is 1. The highest BCUT2D eigenvalue weighted by Gasteiger charge is 1.98. The van der Waals surface area contributed by atoms with Gasteiger partial charge in [-0.1, -0.05) is 29.3 Å². The molecule has 21 heavy (non-hydrogen) atoms. The van der Waals surface area contributed by atoms with E-state index in [1.54, 1.807) is 36.5 Å². The first-order chi connectivity index (χ1) is 10.0. The van der Waals surface area contributed by atoms with Crippen molar-refractivity contribution in [3.63, 3.8) is 0 Å². The third kappa shape index (κ3) is 4.97. The molecule has 0 saturated carbocycles. The van der Waals surface area contributed by atoms with Crippen molar-refractivity contribution in [2.75, 3.05) is 5.32 Å². The minimum atomic E-state index is -0.308. The topological polar surface area (TPSA) is 36.4 Å². The van der Waals surface area contributed by atoms with Crippen LogP contribution in [0.3, 0.4) is 0 Å². The second-order valence-corrected chi connectivity index (χ2v) is 5.23. The van der Waals surface area contributed by atoms with E-state index in [1.807, 2.05) is 0 Å². The Balaban J connectivity index is 1.89. The van der Waals surface area contributed by atoms with E-state index in [2.05, 4.69) is 15.8 Å². The van der Waals surface area contributed by atoms with Crippen molar-refractivity contribution in [3.05, 3.63) is 63.9 Å². The van der Waals surface area contributed by atoms with E-state index in [-0.39, 0.29) is 10.9 Å². The lowest BCUT2D eigenvalue weighted by Crippen LogP contribution is -2.23. The number of thiocarbonyl (C=S) groups is 1. The number of hydrogen-bond acceptors (Lipinski definition) is 2. The molecule has 0 heterocycles. The minimum Gasteiger partial charge on any atom is -0.331 e. The van der Waals surface area contributed by atoms with Gasteiger partial charge in [-0.3, -0.25) is 5.43 Å².